The number of aliphatic hydroxyl groups is 1. The predicted molar refractivity (Wildman–Crippen MR) is 71.4 cm³/mol. The van der Waals surface area contributed by atoms with Gasteiger partial charge < -0.3 is 15.6 Å². The number of hydrogen-bond acceptors (Lipinski definition) is 5. The smallest absolute Gasteiger partial charge is 0.376 e. The topological polar surface area (TPSA) is 89.9 Å². The summed E-state index contributed by atoms with van der Waals surface area (Å²) in [5.74, 6) is -3.07. The number of carbonyl (C=O) groups is 2. The summed E-state index contributed by atoms with van der Waals surface area (Å²) in [6.07, 6.45) is 2.26. The first-order valence-corrected chi connectivity index (χ1v) is 5.98. The molecule has 1 heterocycles. The van der Waals surface area contributed by atoms with Crippen molar-refractivity contribution in [3.05, 3.63) is 59.5 Å². The van der Waals surface area contributed by atoms with Gasteiger partial charge in [-0.1, -0.05) is 30.3 Å². The average molecular weight is 274 g/mol. The van der Waals surface area contributed by atoms with Gasteiger partial charge in [0, 0.05) is 30.9 Å². The number of hydrazine groups is 1. The van der Waals surface area contributed by atoms with Crippen molar-refractivity contribution in [2.75, 3.05) is 6.54 Å². The molecule has 0 amide bonds. The van der Waals surface area contributed by atoms with E-state index in [0.29, 0.717) is 24.7 Å². The van der Waals surface area contributed by atoms with Crippen molar-refractivity contribution in [2.45, 2.75) is 6.54 Å². The standard InChI is InChI=1S/C14H14N2O4/c17-12(6-13(18)14(19)20)11-7-15-16(9-11)8-10-4-2-1-3-5-10/h1-7,15,17H,8-9H2,(H,19,20). The summed E-state index contributed by atoms with van der Waals surface area (Å²) < 4.78 is 0. The maximum atomic E-state index is 11.0. The lowest BCUT2D eigenvalue weighted by Gasteiger charge is -2.16. The number of aliphatic hydroxyl groups excluding tert-OH is 1. The summed E-state index contributed by atoms with van der Waals surface area (Å²) in [6.45, 7) is 1.01. The Balaban J connectivity index is 1.95. The average Bonchev–Trinajstić information content (AvgIpc) is 2.88. The molecule has 0 saturated carbocycles. The van der Waals surface area contributed by atoms with Crippen molar-refractivity contribution in [3.63, 3.8) is 0 Å². The molecule has 0 spiro atoms. The number of ketones is 1. The van der Waals surface area contributed by atoms with Crippen LogP contribution >= 0.6 is 0 Å². The van der Waals surface area contributed by atoms with Crippen LogP contribution in [-0.4, -0.2) is 33.5 Å². The van der Waals surface area contributed by atoms with Gasteiger partial charge in [-0.3, -0.25) is 4.79 Å². The number of nitrogens with zero attached hydrogens (tertiary/aromatic N) is 1. The molecule has 0 fully saturated rings. The Labute approximate surface area is 115 Å². The van der Waals surface area contributed by atoms with Gasteiger partial charge in [0.1, 0.15) is 5.76 Å². The van der Waals surface area contributed by atoms with E-state index < -0.39 is 11.8 Å². The zero-order valence-corrected chi connectivity index (χ0v) is 10.6. The highest BCUT2D eigenvalue weighted by Crippen LogP contribution is 2.15. The molecule has 0 unspecified atom stereocenters. The first-order chi connectivity index (χ1) is 9.56. The SMILES string of the molecule is O=C(O)C(=O)C=C(O)C1=CNN(Cc2ccccc2)C1. The maximum Gasteiger partial charge on any atom is 0.376 e. The second kappa shape index (κ2) is 6.03. The third-order valence-electron chi connectivity index (χ3n) is 2.81. The molecule has 0 aromatic heterocycles. The second-order valence-corrected chi connectivity index (χ2v) is 4.34. The molecule has 1 aliphatic heterocycles. The first kappa shape index (κ1) is 13.8. The van der Waals surface area contributed by atoms with Crippen molar-refractivity contribution in [1.82, 2.24) is 10.4 Å². The summed E-state index contributed by atoms with van der Waals surface area (Å²) in [6, 6.07) is 9.74. The minimum Gasteiger partial charge on any atom is -0.507 e. The van der Waals surface area contributed by atoms with E-state index in [0.717, 1.165) is 5.56 Å². The summed E-state index contributed by atoms with van der Waals surface area (Å²) >= 11 is 0. The largest absolute Gasteiger partial charge is 0.507 e. The molecule has 0 aliphatic carbocycles. The highest BCUT2D eigenvalue weighted by atomic mass is 16.4. The Morgan fingerprint density at radius 1 is 1.25 bits per heavy atom. The van der Waals surface area contributed by atoms with Crippen LogP contribution in [0.4, 0.5) is 0 Å². The zero-order chi connectivity index (χ0) is 14.5. The molecule has 0 atom stereocenters. The van der Waals surface area contributed by atoms with Gasteiger partial charge in [-0.05, 0) is 5.56 Å². The molecule has 3 N–H and O–H groups in total. The van der Waals surface area contributed by atoms with E-state index in [-0.39, 0.29) is 5.76 Å². The van der Waals surface area contributed by atoms with Crippen LogP contribution in [0.15, 0.2) is 53.9 Å². The molecule has 2 rings (SSSR count). The number of aliphatic carboxylic acids is 1. The van der Waals surface area contributed by atoms with Crippen LogP contribution < -0.4 is 5.43 Å². The van der Waals surface area contributed by atoms with Gasteiger partial charge in [0.05, 0.1) is 0 Å². The minimum atomic E-state index is -1.59. The second-order valence-electron chi connectivity index (χ2n) is 4.34. The summed E-state index contributed by atoms with van der Waals surface area (Å²) in [7, 11) is 0. The van der Waals surface area contributed by atoms with E-state index in [9.17, 15) is 14.7 Å². The molecule has 6 heteroatoms. The lowest BCUT2D eigenvalue weighted by atomic mass is 10.2. The molecular weight excluding hydrogens is 260 g/mol. The normalized spacial score (nSPS) is 15.6. The van der Waals surface area contributed by atoms with E-state index in [2.05, 4.69) is 5.43 Å². The Kier molecular flexibility index (Phi) is 4.17. The van der Waals surface area contributed by atoms with Crippen molar-refractivity contribution in [2.24, 2.45) is 0 Å². The molecule has 1 aromatic rings. The van der Waals surface area contributed by atoms with Gasteiger partial charge in [-0.15, -0.1) is 0 Å². The Morgan fingerprint density at radius 2 is 1.95 bits per heavy atom. The maximum absolute atomic E-state index is 11.0. The van der Waals surface area contributed by atoms with Crippen LogP contribution in [0.2, 0.25) is 0 Å². The van der Waals surface area contributed by atoms with Crippen LogP contribution in [0, 0.1) is 0 Å². The van der Waals surface area contributed by atoms with Crippen molar-refractivity contribution in [1.29, 1.82) is 0 Å². The van der Waals surface area contributed by atoms with E-state index >= 15 is 0 Å². The Morgan fingerprint density at radius 3 is 2.60 bits per heavy atom. The lowest BCUT2D eigenvalue weighted by Crippen LogP contribution is -2.29. The number of benzene rings is 1. The molecule has 0 bridgehead atoms. The van der Waals surface area contributed by atoms with Crippen molar-refractivity contribution in [3.8, 4) is 0 Å². The van der Waals surface area contributed by atoms with Gasteiger partial charge in [-0.25, -0.2) is 9.80 Å². The summed E-state index contributed by atoms with van der Waals surface area (Å²) in [5, 5.41) is 20.0. The van der Waals surface area contributed by atoms with Crippen LogP contribution in [0.1, 0.15) is 5.56 Å². The van der Waals surface area contributed by atoms with Crippen molar-refractivity contribution >= 4 is 11.8 Å². The number of nitrogens with one attached hydrogen (secondary N) is 1. The van der Waals surface area contributed by atoms with Crippen LogP contribution in [-0.2, 0) is 16.1 Å². The van der Waals surface area contributed by atoms with Gasteiger partial charge in [0.25, 0.3) is 5.78 Å². The fourth-order valence-electron chi connectivity index (χ4n) is 1.81. The monoisotopic (exact) mass is 274 g/mol. The van der Waals surface area contributed by atoms with Crippen LogP contribution in [0.5, 0.6) is 0 Å². The molecule has 6 nitrogen and oxygen atoms in total. The highest BCUT2D eigenvalue weighted by molar-refractivity contribution is 6.37. The molecule has 0 radical (unpaired) electrons. The van der Waals surface area contributed by atoms with Crippen LogP contribution in [0.25, 0.3) is 0 Å². The van der Waals surface area contributed by atoms with Crippen molar-refractivity contribution < 1.29 is 19.8 Å². The van der Waals surface area contributed by atoms with Crippen LogP contribution in [0.3, 0.4) is 0 Å². The van der Waals surface area contributed by atoms with Gasteiger partial charge in [0.15, 0.2) is 0 Å². The molecule has 104 valence electrons. The minimum absolute atomic E-state index is 0.333. The third-order valence-corrected chi connectivity index (χ3v) is 2.81. The van der Waals surface area contributed by atoms with Gasteiger partial charge >= 0.3 is 5.97 Å². The van der Waals surface area contributed by atoms with Gasteiger partial charge in [0.2, 0.25) is 0 Å². The molecule has 1 aliphatic rings. The summed E-state index contributed by atoms with van der Waals surface area (Å²) in [5.41, 5.74) is 4.52. The molecule has 1 aromatic carbocycles. The Bertz CT molecular complexity index is 578. The van der Waals surface area contributed by atoms with E-state index in [1.165, 1.54) is 0 Å². The highest BCUT2D eigenvalue weighted by Gasteiger charge is 2.18. The van der Waals surface area contributed by atoms with E-state index in [1.54, 1.807) is 6.20 Å². The zero-order valence-electron chi connectivity index (χ0n) is 10.6. The first-order valence-electron chi connectivity index (χ1n) is 5.98. The number of carbonyl (C=O) groups excluding carboxylic acids is 1. The number of hydrogen-bond donors (Lipinski definition) is 3. The predicted octanol–water partition coefficient (Wildman–Crippen LogP) is 0.986. The molecular formula is C14H14N2O4. The van der Waals surface area contributed by atoms with E-state index in [4.69, 9.17) is 5.11 Å². The Hall–Kier alpha value is -2.60. The quantitative estimate of drug-likeness (QED) is 0.421. The number of rotatable bonds is 5. The van der Waals surface area contributed by atoms with Gasteiger partial charge in [-0.2, -0.15) is 0 Å². The number of carboxylic acids is 1. The fourth-order valence-corrected chi connectivity index (χ4v) is 1.81. The lowest BCUT2D eigenvalue weighted by molar-refractivity contribution is -0.146. The summed E-state index contributed by atoms with van der Waals surface area (Å²) in [4.78, 5) is 21.4. The molecule has 20 heavy (non-hydrogen) atoms. The van der Waals surface area contributed by atoms with E-state index in [1.807, 2.05) is 35.3 Å². The number of carboxylic acid groups (broad SMARTS) is 1. The third kappa shape index (κ3) is 3.46. The fraction of sp³-hybridized carbons (Fsp3) is 0.143. The molecule has 0 saturated heterocycles.